The van der Waals surface area contributed by atoms with Crippen molar-refractivity contribution in [3.8, 4) is 5.75 Å². The van der Waals surface area contributed by atoms with Gasteiger partial charge in [-0.25, -0.2) is 8.42 Å². The lowest BCUT2D eigenvalue weighted by Gasteiger charge is -2.34. The van der Waals surface area contributed by atoms with E-state index in [9.17, 15) is 18.0 Å². The van der Waals surface area contributed by atoms with Crippen LogP contribution in [0.25, 0.3) is 0 Å². The molecule has 0 aromatic heterocycles. The monoisotopic (exact) mass is 585 g/mol. The van der Waals surface area contributed by atoms with Gasteiger partial charge in [-0.2, -0.15) is 0 Å². The Hall–Kier alpha value is -4.63. The molecule has 4 rings (SSSR count). The first-order valence-corrected chi connectivity index (χ1v) is 15.0. The Labute approximate surface area is 247 Å². The number of anilines is 1. The molecule has 0 aliphatic carbocycles. The molecule has 0 aliphatic rings. The van der Waals surface area contributed by atoms with Gasteiger partial charge in [-0.3, -0.25) is 13.9 Å². The molecule has 0 radical (unpaired) electrons. The minimum Gasteiger partial charge on any atom is -0.495 e. The van der Waals surface area contributed by atoms with Crippen LogP contribution in [-0.2, 0) is 32.6 Å². The van der Waals surface area contributed by atoms with Crippen molar-refractivity contribution in [3.63, 3.8) is 0 Å². The van der Waals surface area contributed by atoms with Crippen LogP contribution in [0, 0.1) is 6.92 Å². The zero-order chi connectivity index (χ0) is 30.1. The van der Waals surface area contributed by atoms with E-state index in [2.05, 4.69) is 5.32 Å². The van der Waals surface area contributed by atoms with Gasteiger partial charge in [0.25, 0.3) is 10.0 Å². The Morgan fingerprint density at radius 1 is 0.810 bits per heavy atom. The number of hydrogen-bond acceptors (Lipinski definition) is 5. The Morgan fingerprint density at radius 3 is 2.02 bits per heavy atom. The Bertz CT molecular complexity index is 1590. The van der Waals surface area contributed by atoms with Crippen LogP contribution in [0.1, 0.15) is 16.7 Å². The lowest BCUT2D eigenvalue weighted by atomic mass is 10.0. The van der Waals surface area contributed by atoms with Crippen LogP contribution in [0.5, 0.6) is 5.75 Å². The van der Waals surface area contributed by atoms with Crippen LogP contribution in [0.15, 0.2) is 114 Å². The van der Waals surface area contributed by atoms with Gasteiger partial charge in [0.1, 0.15) is 18.3 Å². The fourth-order valence-corrected chi connectivity index (χ4v) is 6.13. The largest absolute Gasteiger partial charge is 0.495 e. The smallest absolute Gasteiger partial charge is 0.264 e. The first-order valence-electron chi connectivity index (χ1n) is 13.6. The predicted octanol–water partition coefficient (Wildman–Crippen LogP) is 4.59. The van der Waals surface area contributed by atoms with Crippen LogP contribution in [-0.4, -0.2) is 51.9 Å². The number of ether oxygens (including phenoxy) is 1. The van der Waals surface area contributed by atoms with Crippen molar-refractivity contribution in [1.29, 1.82) is 0 Å². The normalized spacial score (nSPS) is 11.8. The van der Waals surface area contributed by atoms with Gasteiger partial charge in [-0.05, 0) is 42.3 Å². The Kier molecular flexibility index (Phi) is 9.98. The van der Waals surface area contributed by atoms with E-state index in [1.165, 1.54) is 31.2 Å². The second-order valence-electron chi connectivity index (χ2n) is 9.82. The maximum Gasteiger partial charge on any atom is 0.264 e. The molecule has 218 valence electrons. The molecule has 0 heterocycles. The number of para-hydroxylation sites is 2. The number of carbonyl (C=O) groups is 2. The molecule has 0 spiro atoms. The standard InChI is InChI=1S/C33H35N3O5S/c1-25-18-20-27(21-19-25)23-35(30(33(38)34-2)22-26-12-6-4-7-13-26)32(37)24-36(29-16-10-11-17-31(29)41-3)42(39,40)28-14-8-5-9-15-28/h4-21,30H,22-24H2,1-3H3,(H,34,38)/t30-/m0/s1. The van der Waals surface area contributed by atoms with Gasteiger partial charge in [0, 0.05) is 20.0 Å². The highest BCUT2D eigenvalue weighted by Crippen LogP contribution is 2.32. The minimum atomic E-state index is -4.20. The van der Waals surface area contributed by atoms with Crippen LogP contribution < -0.4 is 14.4 Å². The number of amides is 2. The third kappa shape index (κ3) is 7.16. The highest BCUT2D eigenvalue weighted by molar-refractivity contribution is 7.92. The molecule has 0 aliphatic heterocycles. The van der Waals surface area contributed by atoms with Crippen molar-refractivity contribution < 1.29 is 22.7 Å². The molecule has 1 N–H and O–H groups in total. The molecule has 4 aromatic rings. The van der Waals surface area contributed by atoms with E-state index in [1.807, 2.05) is 61.5 Å². The van der Waals surface area contributed by atoms with Gasteiger partial charge in [-0.1, -0.05) is 90.5 Å². The van der Waals surface area contributed by atoms with E-state index in [0.717, 1.165) is 21.0 Å². The minimum absolute atomic E-state index is 0.0286. The van der Waals surface area contributed by atoms with E-state index in [0.29, 0.717) is 5.75 Å². The molecule has 1 atom stereocenters. The summed E-state index contributed by atoms with van der Waals surface area (Å²) in [6, 6.07) is 30.8. The number of aryl methyl sites for hydroxylation is 1. The summed E-state index contributed by atoms with van der Waals surface area (Å²) >= 11 is 0. The van der Waals surface area contributed by atoms with E-state index in [4.69, 9.17) is 4.74 Å². The summed E-state index contributed by atoms with van der Waals surface area (Å²) in [5.41, 5.74) is 2.95. The second kappa shape index (κ2) is 13.8. The molecular weight excluding hydrogens is 550 g/mol. The van der Waals surface area contributed by atoms with Gasteiger partial charge in [-0.15, -0.1) is 0 Å². The summed E-state index contributed by atoms with van der Waals surface area (Å²) in [5.74, 6) is -0.596. The number of methoxy groups -OCH3 is 1. The zero-order valence-corrected chi connectivity index (χ0v) is 24.8. The topological polar surface area (TPSA) is 96.0 Å². The summed E-state index contributed by atoms with van der Waals surface area (Å²) in [5, 5.41) is 2.69. The van der Waals surface area contributed by atoms with Crippen LogP contribution >= 0.6 is 0 Å². The average Bonchev–Trinajstić information content (AvgIpc) is 3.02. The maximum atomic E-state index is 14.3. The number of likely N-dealkylation sites (N-methyl/N-ethyl adjacent to an activating group) is 1. The van der Waals surface area contributed by atoms with Crippen LogP contribution in [0.4, 0.5) is 5.69 Å². The summed E-state index contributed by atoms with van der Waals surface area (Å²) in [7, 11) is -1.23. The zero-order valence-electron chi connectivity index (χ0n) is 23.9. The molecule has 8 nitrogen and oxygen atoms in total. The van der Waals surface area contributed by atoms with Gasteiger partial charge < -0.3 is 15.0 Å². The van der Waals surface area contributed by atoms with Crippen molar-refractivity contribution in [2.75, 3.05) is 25.0 Å². The number of hydrogen-bond donors (Lipinski definition) is 1. The van der Waals surface area contributed by atoms with Crippen molar-refractivity contribution in [2.45, 2.75) is 30.8 Å². The summed E-state index contributed by atoms with van der Waals surface area (Å²) in [6.07, 6.45) is 0.248. The number of rotatable bonds is 12. The lowest BCUT2D eigenvalue weighted by Crippen LogP contribution is -2.53. The SMILES string of the molecule is CNC(=O)[C@H](Cc1ccccc1)N(Cc1ccc(C)cc1)C(=O)CN(c1ccccc1OC)S(=O)(=O)c1ccccc1. The summed E-state index contributed by atoms with van der Waals surface area (Å²) < 4.78 is 34.6. The van der Waals surface area contributed by atoms with Gasteiger partial charge >= 0.3 is 0 Å². The Morgan fingerprint density at radius 2 is 1.40 bits per heavy atom. The van der Waals surface area contributed by atoms with E-state index in [-0.39, 0.29) is 29.5 Å². The van der Waals surface area contributed by atoms with Gasteiger partial charge in [0.05, 0.1) is 17.7 Å². The van der Waals surface area contributed by atoms with Crippen LogP contribution in [0.3, 0.4) is 0 Å². The molecule has 0 saturated heterocycles. The Balaban J connectivity index is 1.80. The lowest BCUT2D eigenvalue weighted by molar-refractivity contribution is -0.139. The fraction of sp³-hybridized carbons (Fsp3) is 0.212. The summed E-state index contributed by atoms with van der Waals surface area (Å²) in [6.45, 7) is 1.52. The van der Waals surface area contributed by atoms with Crippen molar-refractivity contribution in [3.05, 3.63) is 126 Å². The second-order valence-corrected chi connectivity index (χ2v) is 11.7. The molecule has 42 heavy (non-hydrogen) atoms. The number of carbonyl (C=O) groups excluding carboxylic acids is 2. The molecule has 0 fully saturated rings. The molecule has 2 amide bonds. The van der Waals surface area contributed by atoms with Crippen molar-refractivity contribution >= 4 is 27.5 Å². The number of nitrogens with one attached hydrogen (secondary N) is 1. The molecule has 0 unspecified atom stereocenters. The first-order chi connectivity index (χ1) is 20.2. The number of sulfonamides is 1. The number of benzene rings is 4. The highest BCUT2D eigenvalue weighted by Gasteiger charge is 2.35. The van der Waals surface area contributed by atoms with Crippen molar-refractivity contribution in [2.24, 2.45) is 0 Å². The first kappa shape index (κ1) is 30.3. The molecular formula is C33H35N3O5S. The van der Waals surface area contributed by atoms with Gasteiger partial charge in [0.2, 0.25) is 11.8 Å². The van der Waals surface area contributed by atoms with E-state index in [1.54, 1.807) is 42.5 Å². The third-order valence-corrected chi connectivity index (χ3v) is 8.73. The molecule has 0 bridgehead atoms. The maximum absolute atomic E-state index is 14.3. The van der Waals surface area contributed by atoms with Gasteiger partial charge in [0.15, 0.2) is 0 Å². The number of nitrogens with zero attached hydrogens (tertiary/aromatic N) is 2. The van der Waals surface area contributed by atoms with E-state index < -0.39 is 28.5 Å². The quantitative estimate of drug-likeness (QED) is 0.263. The fourth-order valence-electron chi connectivity index (χ4n) is 4.68. The third-order valence-electron chi connectivity index (χ3n) is 6.95. The average molecular weight is 586 g/mol. The molecule has 9 heteroatoms. The molecule has 0 saturated carbocycles. The summed E-state index contributed by atoms with van der Waals surface area (Å²) in [4.78, 5) is 29.1. The van der Waals surface area contributed by atoms with Crippen molar-refractivity contribution in [1.82, 2.24) is 10.2 Å². The van der Waals surface area contributed by atoms with E-state index >= 15 is 0 Å². The van der Waals surface area contributed by atoms with Crippen LogP contribution in [0.2, 0.25) is 0 Å². The highest BCUT2D eigenvalue weighted by atomic mass is 32.2. The predicted molar refractivity (Wildman–Crippen MR) is 164 cm³/mol. The molecule has 4 aromatic carbocycles.